The molecule has 1 fully saturated rings. The van der Waals surface area contributed by atoms with Gasteiger partial charge in [-0.2, -0.15) is 0 Å². The molecule has 0 saturated carbocycles. The normalized spacial score (nSPS) is 17.8. The minimum atomic E-state index is -0.0769. The van der Waals surface area contributed by atoms with Crippen molar-refractivity contribution in [3.05, 3.63) is 68.5 Å². The number of amides is 1. The van der Waals surface area contributed by atoms with E-state index in [1.54, 1.807) is 17.0 Å². The molecular formula is C20H18Cl2N2OS. The van der Waals surface area contributed by atoms with Crippen LogP contribution in [-0.4, -0.2) is 22.0 Å². The van der Waals surface area contributed by atoms with Crippen molar-refractivity contribution in [2.45, 2.75) is 26.8 Å². The van der Waals surface area contributed by atoms with E-state index >= 15 is 0 Å². The first-order valence-electron chi connectivity index (χ1n) is 8.19. The van der Waals surface area contributed by atoms with Crippen molar-refractivity contribution in [1.82, 2.24) is 4.90 Å². The number of hydrogen-bond donors (Lipinski definition) is 0. The maximum atomic E-state index is 12.9. The molecule has 2 aromatic carbocycles. The fraction of sp³-hybridized carbons (Fsp3) is 0.200. The average molecular weight is 405 g/mol. The third-order valence-corrected chi connectivity index (χ3v) is 5.70. The average Bonchev–Trinajstić information content (AvgIpc) is 2.89. The Bertz CT molecular complexity index is 905. The molecule has 26 heavy (non-hydrogen) atoms. The SMILES string of the molecule is Cc1ccc(N=C2S/C(=C/c3cccc(Cl)c3Cl)C(=O)N2C(C)C)cc1. The minimum absolute atomic E-state index is 0.0000633. The highest BCUT2D eigenvalue weighted by Gasteiger charge is 2.35. The smallest absolute Gasteiger partial charge is 0.266 e. The third-order valence-electron chi connectivity index (χ3n) is 3.88. The second kappa shape index (κ2) is 7.87. The molecule has 1 heterocycles. The van der Waals surface area contributed by atoms with E-state index < -0.39 is 0 Å². The zero-order chi connectivity index (χ0) is 18.8. The number of aryl methyl sites for hydroxylation is 1. The van der Waals surface area contributed by atoms with E-state index in [4.69, 9.17) is 23.2 Å². The van der Waals surface area contributed by atoms with Gasteiger partial charge in [-0.25, -0.2) is 4.99 Å². The van der Waals surface area contributed by atoms with Crippen LogP contribution in [0.5, 0.6) is 0 Å². The summed E-state index contributed by atoms with van der Waals surface area (Å²) in [5.74, 6) is -0.0769. The van der Waals surface area contributed by atoms with Crippen LogP contribution in [0.3, 0.4) is 0 Å². The fourth-order valence-corrected chi connectivity index (χ4v) is 4.00. The first-order chi connectivity index (χ1) is 12.4. The van der Waals surface area contributed by atoms with Gasteiger partial charge in [0.05, 0.1) is 20.6 Å². The number of benzene rings is 2. The first kappa shape index (κ1) is 19.0. The van der Waals surface area contributed by atoms with E-state index in [1.165, 1.54) is 17.3 Å². The van der Waals surface area contributed by atoms with Crippen molar-refractivity contribution in [2.24, 2.45) is 4.99 Å². The predicted octanol–water partition coefficient (Wildman–Crippen LogP) is 6.31. The van der Waals surface area contributed by atoms with Gasteiger partial charge in [-0.15, -0.1) is 0 Å². The summed E-state index contributed by atoms with van der Waals surface area (Å²) in [7, 11) is 0. The number of rotatable bonds is 3. The van der Waals surface area contributed by atoms with Gasteiger partial charge >= 0.3 is 0 Å². The molecule has 1 saturated heterocycles. The van der Waals surface area contributed by atoms with Crippen LogP contribution < -0.4 is 0 Å². The van der Waals surface area contributed by atoms with Crippen LogP contribution in [0, 0.1) is 6.92 Å². The Balaban J connectivity index is 2.00. The van der Waals surface area contributed by atoms with Gasteiger partial charge in [0.15, 0.2) is 5.17 Å². The van der Waals surface area contributed by atoms with Crippen LogP contribution >= 0.6 is 35.0 Å². The second-order valence-electron chi connectivity index (χ2n) is 6.25. The Morgan fingerprint density at radius 2 is 1.81 bits per heavy atom. The van der Waals surface area contributed by atoms with Crippen LogP contribution in [0.4, 0.5) is 5.69 Å². The van der Waals surface area contributed by atoms with E-state index in [1.807, 2.05) is 57.2 Å². The standard InChI is InChI=1S/C20H18Cl2N2OS/c1-12(2)24-19(25)17(11-14-5-4-6-16(21)18(14)22)26-20(24)23-15-9-7-13(3)8-10-15/h4-12H,1-3H3/b17-11+,23-20?. The number of carbonyl (C=O) groups excluding carboxylic acids is 1. The van der Waals surface area contributed by atoms with Crippen molar-refractivity contribution in [1.29, 1.82) is 0 Å². The summed E-state index contributed by atoms with van der Waals surface area (Å²) >= 11 is 13.7. The zero-order valence-electron chi connectivity index (χ0n) is 14.7. The molecule has 3 rings (SSSR count). The Labute approximate surface area is 167 Å². The topological polar surface area (TPSA) is 32.7 Å². The fourth-order valence-electron chi connectivity index (χ4n) is 2.52. The Morgan fingerprint density at radius 1 is 1.12 bits per heavy atom. The predicted molar refractivity (Wildman–Crippen MR) is 112 cm³/mol. The second-order valence-corrected chi connectivity index (χ2v) is 8.05. The van der Waals surface area contributed by atoms with Gasteiger partial charge < -0.3 is 0 Å². The van der Waals surface area contributed by atoms with Gasteiger partial charge in [0.1, 0.15) is 0 Å². The number of nitrogens with zero attached hydrogens (tertiary/aromatic N) is 2. The molecule has 1 aliphatic heterocycles. The van der Waals surface area contributed by atoms with Gasteiger partial charge in [-0.1, -0.05) is 53.0 Å². The molecule has 0 unspecified atom stereocenters. The highest BCUT2D eigenvalue weighted by molar-refractivity contribution is 8.18. The molecule has 1 aliphatic rings. The summed E-state index contributed by atoms with van der Waals surface area (Å²) in [6.07, 6.45) is 1.77. The lowest BCUT2D eigenvalue weighted by atomic mass is 10.2. The number of carbonyl (C=O) groups is 1. The molecule has 134 valence electrons. The molecule has 0 spiro atoms. The van der Waals surface area contributed by atoms with Gasteiger partial charge in [0.2, 0.25) is 0 Å². The van der Waals surface area contributed by atoms with Crippen molar-refractivity contribution in [3.63, 3.8) is 0 Å². The van der Waals surface area contributed by atoms with E-state index in [2.05, 4.69) is 4.99 Å². The summed E-state index contributed by atoms with van der Waals surface area (Å²) in [5, 5.41) is 1.57. The molecule has 0 radical (unpaired) electrons. The van der Waals surface area contributed by atoms with E-state index in [0.717, 1.165) is 11.3 Å². The quantitative estimate of drug-likeness (QED) is 0.560. The summed E-state index contributed by atoms with van der Waals surface area (Å²) in [5.41, 5.74) is 2.70. The van der Waals surface area contributed by atoms with Crippen molar-refractivity contribution in [3.8, 4) is 0 Å². The zero-order valence-corrected chi connectivity index (χ0v) is 17.0. The lowest BCUT2D eigenvalue weighted by molar-refractivity contribution is -0.123. The maximum absolute atomic E-state index is 12.9. The summed E-state index contributed by atoms with van der Waals surface area (Å²) in [4.78, 5) is 19.8. The summed E-state index contributed by atoms with van der Waals surface area (Å²) in [6, 6.07) is 13.3. The monoisotopic (exact) mass is 404 g/mol. The molecule has 0 N–H and O–H groups in total. The van der Waals surface area contributed by atoms with Crippen molar-refractivity contribution < 1.29 is 4.79 Å². The van der Waals surface area contributed by atoms with Crippen LogP contribution in [0.2, 0.25) is 10.0 Å². The number of aliphatic imine (C=N–C) groups is 1. The third kappa shape index (κ3) is 3.98. The van der Waals surface area contributed by atoms with E-state index in [0.29, 0.717) is 20.1 Å². The van der Waals surface area contributed by atoms with Crippen LogP contribution in [0.1, 0.15) is 25.0 Å². The lowest BCUT2D eigenvalue weighted by Crippen LogP contribution is -2.35. The summed E-state index contributed by atoms with van der Waals surface area (Å²) in [6.45, 7) is 5.97. The van der Waals surface area contributed by atoms with Crippen LogP contribution in [0.25, 0.3) is 6.08 Å². The van der Waals surface area contributed by atoms with E-state index in [-0.39, 0.29) is 11.9 Å². The van der Waals surface area contributed by atoms with Crippen LogP contribution in [0.15, 0.2) is 52.4 Å². The highest BCUT2D eigenvalue weighted by atomic mass is 35.5. The number of halogens is 2. The Morgan fingerprint density at radius 3 is 2.46 bits per heavy atom. The number of thioether (sulfide) groups is 1. The molecule has 2 aromatic rings. The Hall–Kier alpha value is -1.75. The van der Waals surface area contributed by atoms with Crippen molar-refractivity contribution in [2.75, 3.05) is 0 Å². The summed E-state index contributed by atoms with van der Waals surface area (Å²) < 4.78 is 0. The van der Waals surface area contributed by atoms with E-state index in [9.17, 15) is 4.79 Å². The van der Waals surface area contributed by atoms with Crippen molar-refractivity contribution >= 4 is 57.8 Å². The first-order valence-corrected chi connectivity index (χ1v) is 9.76. The molecule has 3 nitrogen and oxygen atoms in total. The Kier molecular flexibility index (Phi) is 5.76. The molecule has 0 atom stereocenters. The van der Waals surface area contributed by atoms with Gasteiger partial charge in [0.25, 0.3) is 5.91 Å². The van der Waals surface area contributed by atoms with Gasteiger partial charge in [0, 0.05) is 6.04 Å². The van der Waals surface area contributed by atoms with Gasteiger partial charge in [-0.3, -0.25) is 9.69 Å². The number of amidine groups is 1. The molecular weight excluding hydrogens is 387 g/mol. The highest BCUT2D eigenvalue weighted by Crippen LogP contribution is 2.37. The molecule has 1 amide bonds. The molecule has 0 aromatic heterocycles. The molecule has 0 bridgehead atoms. The largest absolute Gasteiger partial charge is 0.284 e. The number of hydrogen-bond acceptors (Lipinski definition) is 3. The lowest BCUT2D eigenvalue weighted by Gasteiger charge is -2.19. The molecule has 6 heteroatoms. The maximum Gasteiger partial charge on any atom is 0.266 e. The molecule has 0 aliphatic carbocycles. The minimum Gasteiger partial charge on any atom is -0.284 e. The van der Waals surface area contributed by atoms with Gasteiger partial charge in [-0.05, 0) is 62.4 Å². The van der Waals surface area contributed by atoms with Crippen LogP contribution in [-0.2, 0) is 4.79 Å².